The minimum atomic E-state index is -3.17. The Morgan fingerprint density at radius 2 is 1.95 bits per heavy atom. The van der Waals surface area contributed by atoms with E-state index in [1.165, 1.54) is 0 Å². The van der Waals surface area contributed by atoms with Gasteiger partial charge in [-0.25, -0.2) is 8.42 Å². The minimum Gasteiger partial charge on any atom is -0.399 e. The molecule has 0 unspecified atom stereocenters. The number of halogens is 1. The van der Waals surface area contributed by atoms with Gasteiger partial charge in [0.25, 0.3) is 0 Å². The first-order chi connectivity index (χ1) is 9.19. The van der Waals surface area contributed by atoms with Crippen LogP contribution in [-0.4, -0.2) is 25.8 Å². The van der Waals surface area contributed by atoms with Gasteiger partial charge >= 0.3 is 0 Å². The summed E-state index contributed by atoms with van der Waals surface area (Å²) in [4.78, 5) is 11.8. The van der Waals surface area contributed by atoms with Gasteiger partial charge in [-0.3, -0.25) is 4.79 Å². The van der Waals surface area contributed by atoms with Crippen LogP contribution in [0.25, 0.3) is 0 Å². The van der Waals surface area contributed by atoms with Crippen LogP contribution in [0.4, 0.5) is 11.4 Å². The van der Waals surface area contributed by atoms with Crippen molar-refractivity contribution in [3.8, 4) is 0 Å². The molecule has 1 rings (SSSR count). The van der Waals surface area contributed by atoms with Crippen LogP contribution in [0.1, 0.15) is 25.8 Å². The first kappa shape index (κ1) is 19.7. The lowest BCUT2D eigenvalue weighted by molar-refractivity contribution is -0.115. The maximum Gasteiger partial charge on any atom is 0.225 e. The van der Waals surface area contributed by atoms with Crippen molar-refractivity contribution in [3.63, 3.8) is 0 Å². The molecule has 1 amide bonds. The standard InChI is InChI=1S/C14H22N2O3S.ClH/c1-10(2)9-20(18,19)7-6-14(17)16-13-8-12(15)5-4-11(13)3;/h4-5,8,10H,6-7,9,15H2,1-3H3,(H,16,17);1H. The second kappa shape index (κ2) is 8.24. The molecular weight excluding hydrogens is 312 g/mol. The van der Waals surface area contributed by atoms with Gasteiger partial charge in [-0.05, 0) is 30.5 Å². The van der Waals surface area contributed by atoms with Crippen molar-refractivity contribution < 1.29 is 13.2 Å². The molecule has 0 aliphatic rings. The van der Waals surface area contributed by atoms with Gasteiger partial charge in [-0.15, -0.1) is 12.4 Å². The van der Waals surface area contributed by atoms with Crippen LogP contribution in [0.2, 0.25) is 0 Å². The van der Waals surface area contributed by atoms with Gasteiger partial charge in [0.15, 0.2) is 9.84 Å². The van der Waals surface area contributed by atoms with Gasteiger partial charge in [-0.2, -0.15) is 0 Å². The number of nitrogens with two attached hydrogens (primary N) is 1. The normalized spacial score (nSPS) is 11.0. The summed E-state index contributed by atoms with van der Waals surface area (Å²) < 4.78 is 23.4. The van der Waals surface area contributed by atoms with E-state index in [2.05, 4.69) is 5.32 Å². The topological polar surface area (TPSA) is 89.3 Å². The van der Waals surface area contributed by atoms with E-state index < -0.39 is 9.84 Å². The molecule has 7 heteroatoms. The lowest BCUT2D eigenvalue weighted by atomic mass is 10.2. The van der Waals surface area contributed by atoms with Gasteiger partial charge in [0.2, 0.25) is 5.91 Å². The average Bonchev–Trinajstić information content (AvgIpc) is 2.30. The van der Waals surface area contributed by atoms with Crippen LogP contribution < -0.4 is 11.1 Å². The predicted octanol–water partition coefficient (Wildman–Crippen LogP) is 2.40. The second-order valence-electron chi connectivity index (χ2n) is 5.38. The van der Waals surface area contributed by atoms with Gasteiger partial charge in [0, 0.05) is 17.8 Å². The Bertz CT molecular complexity index is 586. The van der Waals surface area contributed by atoms with E-state index in [-0.39, 0.29) is 42.2 Å². The molecular formula is C14H23ClN2O3S. The number of hydrogen-bond acceptors (Lipinski definition) is 4. The first-order valence-electron chi connectivity index (χ1n) is 6.56. The van der Waals surface area contributed by atoms with Crippen LogP contribution in [0.3, 0.4) is 0 Å². The summed E-state index contributed by atoms with van der Waals surface area (Å²) in [7, 11) is -3.17. The summed E-state index contributed by atoms with van der Waals surface area (Å²) in [6.45, 7) is 5.53. The Balaban J connectivity index is 0.00000400. The molecule has 120 valence electrons. The fraction of sp³-hybridized carbons (Fsp3) is 0.500. The lowest BCUT2D eigenvalue weighted by Gasteiger charge is -2.10. The van der Waals surface area contributed by atoms with E-state index in [1.807, 2.05) is 20.8 Å². The van der Waals surface area contributed by atoms with Crippen molar-refractivity contribution in [2.45, 2.75) is 27.2 Å². The number of benzene rings is 1. The Labute approximate surface area is 132 Å². The number of hydrogen-bond donors (Lipinski definition) is 2. The highest BCUT2D eigenvalue weighted by Gasteiger charge is 2.15. The molecule has 0 aliphatic heterocycles. The quantitative estimate of drug-likeness (QED) is 0.782. The number of anilines is 2. The highest BCUT2D eigenvalue weighted by atomic mass is 35.5. The molecule has 0 saturated carbocycles. The van der Waals surface area contributed by atoms with Crippen LogP contribution in [0.15, 0.2) is 18.2 Å². The zero-order valence-corrected chi connectivity index (χ0v) is 14.2. The largest absolute Gasteiger partial charge is 0.399 e. The minimum absolute atomic E-state index is 0. The molecule has 5 nitrogen and oxygen atoms in total. The number of amides is 1. The number of carbonyl (C=O) groups excluding carboxylic acids is 1. The maximum atomic E-state index is 11.8. The molecule has 0 aliphatic carbocycles. The van der Waals surface area contributed by atoms with E-state index in [9.17, 15) is 13.2 Å². The number of sulfone groups is 1. The van der Waals surface area contributed by atoms with Crippen molar-refractivity contribution in [2.24, 2.45) is 5.92 Å². The zero-order valence-electron chi connectivity index (χ0n) is 12.5. The summed E-state index contributed by atoms with van der Waals surface area (Å²) >= 11 is 0. The van der Waals surface area contributed by atoms with E-state index in [0.717, 1.165) is 5.56 Å². The van der Waals surface area contributed by atoms with Crippen molar-refractivity contribution in [2.75, 3.05) is 22.6 Å². The highest BCUT2D eigenvalue weighted by molar-refractivity contribution is 7.91. The van der Waals surface area contributed by atoms with Crippen molar-refractivity contribution in [3.05, 3.63) is 23.8 Å². The molecule has 3 N–H and O–H groups in total. The third kappa shape index (κ3) is 7.34. The Morgan fingerprint density at radius 1 is 1.33 bits per heavy atom. The van der Waals surface area contributed by atoms with Crippen molar-refractivity contribution in [1.82, 2.24) is 0 Å². The van der Waals surface area contributed by atoms with Crippen LogP contribution in [-0.2, 0) is 14.6 Å². The molecule has 0 aromatic heterocycles. The number of nitrogens with one attached hydrogen (secondary N) is 1. The summed E-state index contributed by atoms with van der Waals surface area (Å²) in [5, 5.41) is 2.69. The van der Waals surface area contributed by atoms with E-state index in [4.69, 9.17) is 5.73 Å². The maximum absolute atomic E-state index is 11.8. The molecule has 0 atom stereocenters. The predicted molar refractivity (Wildman–Crippen MR) is 89.6 cm³/mol. The number of nitrogen functional groups attached to an aromatic ring is 1. The molecule has 1 aromatic carbocycles. The molecule has 0 spiro atoms. The van der Waals surface area contributed by atoms with E-state index in [0.29, 0.717) is 11.4 Å². The number of rotatable bonds is 6. The summed E-state index contributed by atoms with van der Waals surface area (Å²) in [5.74, 6) is -0.263. The highest BCUT2D eigenvalue weighted by Crippen LogP contribution is 2.18. The van der Waals surface area contributed by atoms with Crippen molar-refractivity contribution in [1.29, 1.82) is 0 Å². The fourth-order valence-corrected chi connectivity index (χ4v) is 3.51. The van der Waals surface area contributed by atoms with E-state index in [1.54, 1.807) is 18.2 Å². The smallest absolute Gasteiger partial charge is 0.225 e. The van der Waals surface area contributed by atoms with Crippen LogP contribution in [0, 0.1) is 12.8 Å². The summed E-state index contributed by atoms with van der Waals surface area (Å²) in [5.41, 5.74) is 7.72. The Kier molecular flexibility index (Phi) is 7.74. The zero-order chi connectivity index (χ0) is 15.3. The molecule has 1 aromatic rings. The number of aryl methyl sites for hydroxylation is 1. The van der Waals surface area contributed by atoms with Gasteiger partial charge in [0.1, 0.15) is 0 Å². The molecule has 0 radical (unpaired) electrons. The molecule has 21 heavy (non-hydrogen) atoms. The number of carbonyl (C=O) groups is 1. The average molecular weight is 335 g/mol. The van der Waals surface area contributed by atoms with E-state index >= 15 is 0 Å². The SMILES string of the molecule is Cc1ccc(N)cc1NC(=O)CCS(=O)(=O)CC(C)C.Cl. The van der Waals surface area contributed by atoms with Gasteiger partial charge < -0.3 is 11.1 Å². The molecule has 0 saturated heterocycles. The molecule has 0 bridgehead atoms. The van der Waals surface area contributed by atoms with Crippen molar-refractivity contribution >= 4 is 39.5 Å². The van der Waals surface area contributed by atoms with Crippen LogP contribution >= 0.6 is 12.4 Å². The molecule has 0 fully saturated rings. The van der Waals surface area contributed by atoms with Gasteiger partial charge in [0.05, 0.1) is 11.5 Å². The second-order valence-corrected chi connectivity index (χ2v) is 7.61. The Hall–Kier alpha value is -1.27. The Morgan fingerprint density at radius 3 is 2.52 bits per heavy atom. The third-order valence-electron chi connectivity index (χ3n) is 2.76. The third-order valence-corrected chi connectivity index (χ3v) is 4.76. The molecule has 0 heterocycles. The first-order valence-corrected chi connectivity index (χ1v) is 8.38. The van der Waals surface area contributed by atoms with Crippen LogP contribution in [0.5, 0.6) is 0 Å². The summed E-state index contributed by atoms with van der Waals surface area (Å²) in [6, 6.07) is 5.22. The fourth-order valence-electron chi connectivity index (χ4n) is 1.83. The van der Waals surface area contributed by atoms with Gasteiger partial charge in [-0.1, -0.05) is 19.9 Å². The lowest BCUT2D eigenvalue weighted by Crippen LogP contribution is -2.21. The summed E-state index contributed by atoms with van der Waals surface area (Å²) in [6.07, 6.45) is -0.0384. The monoisotopic (exact) mass is 334 g/mol.